The maximum atomic E-state index is 5.66. The van der Waals surface area contributed by atoms with Gasteiger partial charge in [-0.25, -0.2) is 0 Å². The Kier molecular flexibility index (Phi) is 5.82. The molecule has 0 aliphatic heterocycles. The molecule has 15 heavy (non-hydrogen) atoms. The molecule has 1 fully saturated rings. The molecule has 0 saturated heterocycles. The van der Waals surface area contributed by atoms with Crippen molar-refractivity contribution in [2.45, 2.75) is 57.5 Å². The molecule has 1 aliphatic rings. The summed E-state index contributed by atoms with van der Waals surface area (Å²) in [6, 6.07) is 1.70. The van der Waals surface area contributed by atoms with E-state index in [9.17, 15) is 0 Å². The highest BCUT2D eigenvalue weighted by atomic mass is 28.4. The lowest BCUT2D eigenvalue weighted by molar-refractivity contribution is 0.219. The van der Waals surface area contributed by atoms with Crippen molar-refractivity contribution in [3.63, 3.8) is 0 Å². The molecule has 0 unspecified atom stereocenters. The maximum absolute atomic E-state index is 5.66. The van der Waals surface area contributed by atoms with Gasteiger partial charge in [0.25, 0.3) is 0 Å². The van der Waals surface area contributed by atoms with Crippen LogP contribution in [0.3, 0.4) is 0 Å². The summed E-state index contributed by atoms with van der Waals surface area (Å²) in [6.07, 6.45) is 7.66. The van der Waals surface area contributed by atoms with Gasteiger partial charge in [0.05, 0.1) is 0 Å². The minimum atomic E-state index is -2.08. The Hall–Kier alpha value is 0.0969. The van der Waals surface area contributed by atoms with Gasteiger partial charge < -0.3 is 8.85 Å². The average Bonchev–Trinajstić information content (AvgIpc) is 2.77. The van der Waals surface area contributed by atoms with Crippen LogP contribution >= 0.6 is 0 Å². The summed E-state index contributed by atoms with van der Waals surface area (Å²) < 4.78 is 11.3. The first-order valence-electron chi connectivity index (χ1n) is 6.14. The summed E-state index contributed by atoms with van der Waals surface area (Å²) in [5.41, 5.74) is 0. The van der Waals surface area contributed by atoms with Crippen LogP contribution in [0.1, 0.15) is 45.4 Å². The van der Waals surface area contributed by atoms with Crippen LogP contribution in [0.25, 0.3) is 0 Å². The molecule has 3 nitrogen and oxygen atoms in total. The monoisotopic (exact) mass is 231 g/mol. The van der Waals surface area contributed by atoms with Crippen molar-refractivity contribution in [3.8, 4) is 0 Å². The van der Waals surface area contributed by atoms with Gasteiger partial charge in [0.15, 0.2) is 0 Å². The second-order valence-corrected chi connectivity index (χ2v) is 7.50. The Balaban J connectivity index is 2.45. The molecule has 1 aliphatic carbocycles. The molecule has 0 amide bonds. The van der Waals surface area contributed by atoms with E-state index in [0.717, 1.165) is 6.04 Å². The highest BCUT2D eigenvalue weighted by Gasteiger charge is 2.38. The van der Waals surface area contributed by atoms with Gasteiger partial charge in [0, 0.05) is 26.3 Å². The van der Waals surface area contributed by atoms with Gasteiger partial charge in [0.1, 0.15) is 0 Å². The lowest BCUT2D eigenvalue weighted by atomic mass is 10.3. The third-order valence-electron chi connectivity index (χ3n) is 3.30. The van der Waals surface area contributed by atoms with Crippen molar-refractivity contribution >= 4 is 8.72 Å². The van der Waals surface area contributed by atoms with Crippen molar-refractivity contribution in [1.29, 1.82) is 0 Å². The van der Waals surface area contributed by atoms with E-state index in [1.807, 2.05) is 0 Å². The minimum Gasteiger partial charge on any atom is -0.386 e. The molecular formula is C11H25NO2Si. The van der Waals surface area contributed by atoms with Crippen LogP contribution in [0.15, 0.2) is 0 Å². The Morgan fingerprint density at radius 2 is 1.80 bits per heavy atom. The normalized spacial score (nSPS) is 18.6. The predicted octanol–water partition coefficient (Wildman–Crippen LogP) is 2.55. The third-order valence-corrected chi connectivity index (χ3v) is 6.48. The summed E-state index contributed by atoms with van der Waals surface area (Å²) in [5.74, 6) is 0. The largest absolute Gasteiger partial charge is 0.424 e. The topological polar surface area (TPSA) is 30.5 Å². The summed E-state index contributed by atoms with van der Waals surface area (Å²) in [7, 11) is 1.49. The Morgan fingerprint density at radius 1 is 1.20 bits per heavy atom. The third kappa shape index (κ3) is 3.87. The minimum absolute atomic E-state index is 0.633. The molecular weight excluding hydrogens is 206 g/mol. The van der Waals surface area contributed by atoms with E-state index < -0.39 is 8.72 Å². The lowest BCUT2D eigenvalue weighted by Crippen LogP contribution is -2.58. The zero-order valence-electron chi connectivity index (χ0n) is 10.3. The van der Waals surface area contributed by atoms with Crippen LogP contribution in [0.5, 0.6) is 0 Å². The first-order valence-corrected chi connectivity index (χ1v) is 8.16. The van der Waals surface area contributed by atoms with Crippen molar-refractivity contribution in [1.82, 2.24) is 4.98 Å². The first-order chi connectivity index (χ1) is 7.26. The molecule has 0 spiro atoms. The number of hydrogen-bond donors (Lipinski definition) is 1. The quantitative estimate of drug-likeness (QED) is 0.683. The molecule has 4 heteroatoms. The molecule has 0 aromatic heterocycles. The smallest absolute Gasteiger partial charge is 0.386 e. The fourth-order valence-corrected chi connectivity index (χ4v) is 4.95. The van der Waals surface area contributed by atoms with E-state index >= 15 is 0 Å². The fraction of sp³-hybridized carbons (Fsp3) is 1.00. The molecule has 0 aromatic carbocycles. The molecule has 90 valence electrons. The van der Waals surface area contributed by atoms with Crippen molar-refractivity contribution < 1.29 is 8.85 Å². The zero-order valence-corrected chi connectivity index (χ0v) is 11.3. The molecule has 0 radical (unpaired) electrons. The number of nitrogens with one attached hydrogen (secondary N) is 1. The van der Waals surface area contributed by atoms with Crippen LogP contribution in [-0.2, 0) is 8.85 Å². The standard InChI is InChI=1S/C11H25NO2Si/c1-4-5-10-15(13-2,14-3)12-11-8-6-7-9-11/h11-12H,4-10H2,1-3H3. The van der Waals surface area contributed by atoms with Crippen molar-refractivity contribution in [2.75, 3.05) is 14.2 Å². The first kappa shape index (κ1) is 13.2. The van der Waals surface area contributed by atoms with Crippen LogP contribution in [0.2, 0.25) is 6.04 Å². The van der Waals surface area contributed by atoms with E-state index in [2.05, 4.69) is 11.9 Å². The molecule has 0 bridgehead atoms. The van der Waals surface area contributed by atoms with Crippen molar-refractivity contribution in [3.05, 3.63) is 0 Å². The highest BCUT2D eigenvalue weighted by Crippen LogP contribution is 2.22. The number of rotatable bonds is 7. The van der Waals surface area contributed by atoms with Crippen LogP contribution in [-0.4, -0.2) is 29.0 Å². The number of unbranched alkanes of at least 4 members (excludes halogenated alkanes) is 1. The maximum Gasteiger partial charge on any atom is 0.424 e. The molecule has 1 rings (SSSR count). The Bertz CT molecular complexity index is 168. The lowest BCUT2D eigenvalue weighted by Gasteiger charge is -2.30. The van der Waals surface area contributed by atoms with Crippen molar-refractivity contribution in [2.24, 2.45) is 0 Å². The molecule has 0 heterocycles. The average molecular weight is 231 g/mol. The molecule has 0 atom stereocenters. The molecule has 0 aromatic rings. The Morgan fingerprint density at radius 3 is 2.27 bits per heavy atom. The second-order valence-electron chi connectivity index (χ2n) is 4.39. The summed E-state index contributed by atoms with van der Waals surface area (Å²) >= 11 is 0. The highest BCUT2D eigenvalue weighted by molar-refractivity contribution is 6.64. The summed E-state index contributed by atoms with van der Waals surface area (Å²) in [5, 5.41) is 0. The van der Waals surface area contributed by atoms with Crippen LogP contribution < -0.4 is 4.98 Å². The van der Waals surface area contributed by atoms with Gasteiger partial charge >= 0.3 is 8.72 Å². The van der Waals surface area contributed by atoms with E-state index in [1.165, 1.54) is 38.5 Å². The molecule has 1 saturated carbocycles. The van der Waals surface area contributed by atoms with Gasteiger partial charge in [-0.15, -0.1) is 0 Å². The van der Waals surface area contributed by atoms with E-state index in [1.54, 1.807) is 14.2 Å². The van der Waals surface area contributed by atoms with Gasteiger partial charge in [-0.3, -0.25) is 4.98 Å². The summed E-state index contributed by atoms with van der Waals surface area (Å²) in [6.45, 7) is 2.21. The fourth-order valence-electron chi connectivity index (χ4n) is 2.27. The van der Waals surface area contributed by atoms with Gasteiger partial charge in [-0.2, -0.15) is 0 Å². The second kappa shape index (κ2) is 6.63. The predicted molar refractivity (Wildman–Crippen MR) is 64.9 cm³/mol. The number of hydrogen-bond acceptors (Lipinski definition) is 3. The Labute approximate surface area is 94.9 Å². The van der Waals surface area contributed by atoms with E-state index in [-0.39, 0.29) is 0 Å². The zero-order chi connectivity index (χ0) is 11.1. The van der Waals surface area contributed by atoms with Gasteiger partial charge in [0.2, 0.25) is 0 Å². The van der Waals surface area contributed by atoms with Crippen LogP contribution in [0.4, 0.5) is 0 Å². The van der Waals surface area contributed by atoms with E-state index in [4.69, 9.17) is 8.85 Å². The van der Waals surface area contributed by atoms with Crippen LogP contribution in [0, 0.1) is 0 Å². The van der Waals surface area contributed by atoms with E-state index in [0.29, 0.717) is 6.04 Å². The molecule has 1 N–H and O–H groups in total. The SMILES string of the molecule is CCCC[Si](NC1CCCC1)(OC)OC. The van der Waals surface area contributed by atoms with Gasteiger partial charge in [-0.1, -0.05) is 32.6 Å². The van der Waals surface area contributed by atoms with Gasteiger partial charge in [-0.05, 0) is 12.8 Å². The summed E-state index contributed by atoms with van der Waals surface area (Å²) in [4.78, 5) is 3.66.